The Hall–Kier alpha value is -1.35. The molecule has 3 heteroatoms. The van der Waals surface area contributed by atoms with Crippen LogP contribution in [0.1, 0.15) is 44.6 Å². The fourth-order valence-corrected chi connectivity index (χ4v) is 3.03. The van der Waals surface area contributed by atoms with Crippen molar-refractivity contribution in [1.82, 2.24) is 0 Å². The van der Waals surface area contributed by atoms with E-state index in [2.05, 4.69) is 19.1 Å². The van der Waals surface area contributed by atoms with Gasteiger partial charge in [-0.3, -0.25) is 4.79 Å². The van der Waals surface area contributed by atoms with Crippen molar-refractivity contribution < 1.29 is 4.79 Å². The molecule has 0 spiro atoms. The fourth-order valence-electron chi connectivity index (χ4n) is 3.03. The SMILES string of the molecule is CCN(C(=O)C1CCCCCC1N)c1ccc(C)cc1. The molecule has 1 aliphatic carbocycles. The summed E-state index contributed by atoms with van der Waals surface area (Å²) in [5.74, 6) is 0.185. The maximum atomic E-state index is 12.8. The van der Waals surface area contributed by atoms with E-state index in [0.29, 0.717) is 6.54 Å². The highest BCUT2D eigenvalue weighted by atomic mass is 16.2. The molecule has 0 aromatic heterocycles. The van der Waals surface area contributed by atoms with Crippen LogP contribution in [-0.4, -0.2) is 18.5 Å². The summed E-state index contributed by atoms with van der Waals surface area (Å²) in [6.45, 7) is 4.79. The number of nitrogens with two attached hydrogens (primary N) is 1. The van der Waals surface area contributed by atoms with Gasteiger partial charge in [0.15, 0.2) is 0 Å². The van der Waals surface area contributed by atoms with E-state index in [9.17, 15) is 4.79 Å². The molecule has 3 nitrogen and oxygen atoms in total. The van der Waals surface area contributed by atoms with Gasteiger partial charge in [-0.2, -0.15) is 0 Å². The Balaban J connectivity index is 2.17. The highest BCUT2D eigenvalue weighted by Gasteiger charge is 2.30. The molecule has 1 aromatic rings. The zero-order valence-electron chi connectivity index (χ0n) is 12.6. The summed E-state index contributed by atoms with van der Waals surface area (Å²) in [7, 11) is 0. The van der Waals surface area contributed by atoms with Gasteiger partial charge in [-0.25, -0.2) is 0 Å². The molecule has 1 aromatic carbocycles. The lowest BCUT2D eigenvalue weighted by atomic mass is 9.93. The predicted octanol–water partition coefficient (Wildman–Crippen LogP) is 3.26. The van der Waals surface area contributed by atoms with E-state index in [1.54, 1.807) is 0 Å². The lowest BCUT2D eigenvalue weighted by Gasteiger charge is -2.28. The van der Waals surface area contributed by atoms with Crippen LogP contribution in [0.3, 0.4) is 0 Å². The van der Waals surface area contributed by atoms with Crippen LogP contribution in [0.4, 0.5) is 5.69 Å². The molecule has 1 amide bonds. The van der Waals surface area contributed by atoms with Gasteiger partial charge in [-0.1, -0.05) is 37.0 Å². The van der Waals surface area contributed by atoms with E-state index < -0.39 is 0 Å². The fraction of sp³-hybridized carbons (Fsp3) is 0.588. The molecule has 0 bridgehead atoms. The van der Waals surface area contributed by atoms with Crippen molar-refractivity contribution in [2.45, 2.75) is 52.0 Å². The first kappa shape index (κ1) is 15.0. The molecule has 20 heavy (non-hydrogen) atoms. The van der Waals surface area contributed by atoms with Crippen molar-refractivity contribution in [1.29, 1.82) is 0 Å². The summed E-state index contributed by atoms with van der Waals surface area (Å²) in [5, 5.41) is 0. The molecule has 2 rings (SSSR count). The van der Waals surface area contributed by atoms with Crippen LogP contribution in [0.2, 0.25) is 0 Å². The number of rotatable bonds is 3. The second-order valence-corrected chi connectivity index (χ2v) is 5.83. The highest BCUT2D eigenvalue weighted by molar-refractivity contribution is 5.95. The van der Waals surface area contributed by atoms with Gasteiger partial charge in [0, 0.05) is 18.3 Å². The quantitative estimate of drug-likeness (QED) is 0.860. The maximum Gasteiger partial charge on any atom is 0.231 e. The van der Waals surface area contributed by atoms with E-state index in [1.807, 2.05) is 24.0 Å². The molecule has 0 radical (unpaired) electrons. The standard InChI is InChI=1S/C17H26N2O/c1-3-19(14-11-9-13(2)10-12-14)17(20)15-7-5-4-6-8-16(15)18/h9-12,15-16H,3-8,18H2,1-2H3. The van der Waals surface area contributed by atoms with E-state index in [4.69, 9.17) is 5.73 Å². The largest absolute Gasteiger partial charge is 0.327 e. The van der Waals surface area contributed by atoms with Gasteiger partial charge in [-0.05, 0) is 38.8 Å². The topological polar surface area (TPSA) is 46.3 Å². The molecule has 2 atom stereocenters. The third-order valence-electron chi connectivity index (χ3n) is 4.31. The van der Waals surface area contributed by atoms with Crippen molar-refractivity contribution >= 4 is 11.6 Å². The highest BCUT2D eigenvalue weighted by Crippen LogP contribution is 2.26. The number of amides is 1. The number of hydrogen-bond donors (Lipinski definition) is 1. The summed E-state index contributed by atoms with van der Waals surface area (Å²) >= 11 is 0. The second-order valence-electron chi connectivity index (χ2n) is 5.83. The summed E-state index contributed by atoms with van der Waals surface area (Å²) in [5.41, 5.74) is 8.42. The molecule has 0 aliphatic heterocycles. The molecule has 1 aliphatic rings. The molecule has 2 N–H and O–H groups in total. The zero-order valence-corrected chi connectivity index (χ0v) is 12.6. The summed E-state index contributed by atoms with van der Waals surface area (Å²) in [4.78, 5) is 14.7. The molecule has 110 valence electrons. The lowest BCUT2D eigenvalue weighted by Crippen LogP contribution is -2.44. The number of aryl methyl sites for hydroxylation is 1. The van der Waals surface area contributed by atoms with Gasteiger partial charge >= 0.3 is 0 Å². The van der Waals surface area contributed by atoms with E-state index in [-0.39, 0.29) is 17.9 Å². The van der Waals surface area contributed by atoms with Gasteiger partial charge in [0.25, 0.3) is 0 Å². The van der Waals surface area contributed by atoms with Crippen molar-refractivity contribution in [3.63, 3.8) is 0 Å². The van der Waals surface area contributed by atoms with Gasteiger partial charge in [0.1, 0.15) is 0 Å². The minimum absolute atomic E-state index is 0.0150. The van der Waals surface area contributed by atoms with Crippen molar-refractivity contribution in [2.75, 3.05) is 11.4 Å². The third kappa shape index (κ3) is 3.40. The summed E-state index contributed by atoms with van der Waals surface area (Å²) < 4.78 is 0. The molecule has 1 fully saturated rings. The molecule has 1 saturated carbocycles. The van der Waals surface area contributed by atoms with Crippen LogP contribution in [0.15, 0.2) is 24.3 Å². The predicted molar refractivity (Wildman–Crippen MR) is 83.8 cm³/mol. The number of carbonyl (C=O) groups is 1. The monoisotopic (exact) mass is 274 g/mol. The first-order valence-corrected chi connectivity index (χ1v) is 7.77. The van der Waals surface area contributed by atoms with Gasteiger partial charge in [0.2, 0.25) is 5.91 Å². The Morgan fingerprint density at radius 1 is 1.20 bits per heavy atom. The van der Waals surface area contributed by atoms with Crippen molar-refractivity contribution in [3.05, 3.63) is 29.8 Å². The van der Waals surface area contributed by atoms with E-state index >= 15 is 0 Å². The minimum atomic E-state index is -0.0150. The zero-order chi connectivity index (χ0) is 14.5. The van der Waals surface area contributed by atoms with Crippen LogP contribution >= 0.6 is 0 Å². The number of anilines is 1. The van der Waals surface area contributed by atoms with Crippen LogP contribution in [0, 0.1) is 12.8 Å². The second kappa shape index (κ2) is 6.89. The molecule has 0 heterocycles. The van der Waals surface area contributed by atoms with Crippen molar-refractivity contribution in [3.8, 4) is 0 Å². The third-order valence-corrected chi connectivity index (χ3v) is 4.31. The summed E-state index contributed by atoms with van der Waals surface area (Å²) in [6, 6.07) is 8.18. The summed E-state index contributed by atoms with van der Waals surface area (Å²) in [6.07, 6.45) is 5.38. The maximum absolute atomic E-state index is 12.8. The average Bonchev–Trinajstić information content (AvgIpc) is 2.66. The van der Waals surface area contributed by atoms with E-state index in [0.717, 1.165) is 31.4 Å². The number of carbonyl (C=O) groups excluding carboxylic acids is 1. The van der Waals surface area contributed by atoms with Crippen LogP contribution in [0.5, 0.6) is 0 Å². The average molecular weight is 274 g/mol. The van der Waals surface area contributed by atoms with Gasteiger partial charge in [0.05, 0.1) is 5.92 Å². The first-order chi connectivity index (χ1) is 9.63. The van der Waals surface area contributed by atoms with Crippen LogP contribution in [-0.2, 0) is 4.79 Å². The van der Waals surface area contributed by atoms with Crippen LogP contribution in [0.25, 0.3) is 0 Å². The number of nitrogens with zero attached hydrogens (tertiary/aromatic N) is 1. The Bertz CT molecular complexity index is 441. The first-order valence-electron chi connectivity index (χ1n) is 7.77. The minimum Gasteiger partial charge on any atom is -0.327 e. The molecule has 0 saturated heterocycles. The van der Waals surface area contributed by atoms with Crippen LogP contribution < -0.4 is 10.6 Å². The van der Waals surface area contributed by atoms with Gasteiger partial charge < -0.3 is 10.6 Å². The van der Waals surface area contributed by atoms with Gasteiger partial charge in [-0.15, -0.1) is 0 Å². The normalized spacial score (nSPS) is 23.1. The Kier molecular flexibility index (Phi) is 5.18. The smallest absolute Gasteiger partial charge is 0.231 e. The molecular weight excluding hydrogens is 248 g/mol. The number of benzene rings is 1. The molecule has 2 unspecified atom stereocenters. The Labute approximate surface area is 122 Å². The Morgan fingerprint density at radius 2 is 1.85 bits per heavy atom. The molecular formula is C17H26N2O. The lowest BCUT2D eigenvalue weighted by molar-refractivity contribution is -0.123. The van der Waals surface area contributed by atoms with Crippen molar-refractivity contribution in [2.24, 2.45) is 11.7 Å². The Morgan fingerprint density at radius 3 is 2.50 bits per heavy atom. The van der Waals surface area contributed by atoms with E-state index in [1.165, 1.54) is 12.0 Å². The number of hydrogen-bond acceptors (Lipinski definition) is 2.